The van der Waals surface area contributed by atoms with Crippen LogP contribution in [0.3, 0.4) is 0 Å². The van der Waals surface area contributed by atoms with Gasteiger partial charge in [0, 0.05) is 0 Å². The summed E-state index contributed by atoms with van der Waals surface area (Å²) in [5, 5.41) is 16.7. The predicted octanol–water partition coefficient (Wildman–Crippen LogP) is 26.3. The van der Waals surface area contributed by atoms with Crippen LogP contribution in [0.1, 0.15) is 466 Å². The van der Waals surface area contributed by atoms with E-state index in [0.717, 1.165) is 0 Å². The molecule has 520 valence electrons. The Morgan fingerprint density at radius 2 is 0.233 bits per heavy atom. The van der Waals surface area contributed by atoms with E-state index in [4.69, 9.17) is 15.0 Å². The third-order valence-corrected chi connectivity index (χ3v) is 19.9. The zero-order valence-electron chi connectivity index (χ0n) is 61.5. The molecule has 86 heavy (non-hydrogen) atoms. The molecule has 0 fully saturated rings. The van der Waals surface area contributed by atoms with E-state index >= 15 is 0 Å². The normalized spacial score (nSPS) is 11.7. The van der Waals surface area contributed by atoms with Gasteiger partial charge in [-0.05, 0) is 109 Å². The van der Waals surface area contributed by atoms with Crippen molar-refractivity contribution in [2.45, 2.75) is 466 Å². The van der Waals surface area contributed by atoms with Gasteiger partial charge >= 0.3 is 0 Å². The lowest BCUT2D eigenvalue weighted by Gasteiger charge is -2.40. The monoisotopic (exact) mass is 1220 g/mol. The fraction of sp³-hybridized carbons (Fsp3) is 0.988. The molecule has 0 heterocycles. The summed E-state index contributed by atoms with van der Waals surface area (Å²) in [4.78, 5) is 8.33. The molecule has 0 spiro atoms. The van der Waals surface area contributed by atoms with Gasteiger partial charge in [0.25, 0.3) is 0 Å². The van der Waals surface area contributed by atoms with Crippen LogP contribution in [0.4, 0.5) is 4.79 Å². The van der Waals surface area contributed by atoms with Gasteiger partial charge in [-0.3, -0.25) is 0 Å². The van der Waals surface area contributed by atoms with Crippen LogP contribution in [0.15, 0.2) is 0 Å². The van der Waals surface area contributed by atoms with E-state index in [2.05, 4.69) is 55.4 Å². The molecule has 0 radical (unpaired) electrons. The van der Waals surface area contributed by atoms with E-state index < -0.39 is 6.16 Å². The molecule has 0 atom stereocenters. The van der Waals surface area contributed by atoms with Crippen LogP contribution in [0, 0.1) is 0 Å². The minimum atomic E-state index is -2.33. The molecule has 5 heteroatoms. The molecule has 0 aromatic rings. The van der Waals surface area contributed by atoms with Crippen molar-refractivity contribution < 1.29 is 24.0 Å². The molecule has 0 amide bonds. The van der Waals surface area contributed by atoms with Crippen molar-refractivity contribution in [3.63, 3.8) is 0 Å². The number of nitrogens with zero attached hydrogens (tertiary/aromatic N) is 2. The topological polar surface area (TPSA) is 63.2 Å². The van der Waals surface area contributed by atoms with E-state index in [1.165, 1.54) is 472 Å². The van der Waals surface area contributed by atoms with Gasteiger partial charge in [-0.15, -0.1) is 0 Å². The highest BCUT2D eigenvalue weighted by Gasteiger charge is 2.27. The maximum atomic E-state index is 8.33. The van der Waals surface area contributed by atoms with Gasteiger partial charge in [0.2, 0.25) is 0 Å². The molecule has 0 unspecified atom stereocenters. The maximum Gasteiger partial charge on any atom is 0.0786 e. The SMILES string of the molecule is CCCCCCCCCC[N+](CCCCCCCCCC)(CCCCCCCCCC)CCCCCCCCCC.CCCCCCCCCC[N+](CCCCCCCCCC)(CCCCCCCCCC)CCCCCCCCCC.O=C([O-])[O-]. The van der Waals surface area contributed by atoms with Crippen molar-refractivity contribution in [3.05, 3.63) is 0 Å². The van der Waals surface area contributed by atoms with E-state index in [1.807, 2.05) is 0 Å². The minimum Gasteiger partial charge on any atom is -0.652 e. The van der Waals surface area contributed by atoms with Crippen molar-refractivity contribution in [2.24, 2.45) is 0 Å². The first-order valence-electron chi connectivity index (χ1n) is 40.8. The molecular formula is C81H168N2O3. The smallest absolute Gasteiger partial charge is 0.0786 e. The van der Waals surface area contributed by atoms with Gasteiger partial charge in [0.05, 0.1) is 52.4 Å². The second-order valence-corrected chi connectivity index (χ2v) is 28.5. The lowest BCUT2D eigenvalue weighted by molar-refractivity contribution is -0.929. The third-order valence-electron chi connectivity index (χ3n) is 19.9. The van der Waals surface area contributed by atoms with Gasteiger partial charge in [-0.1, -0.05) is 364 Å². The maximum absolute atomic E-state index is 8.33. The number of unbranched alkanes of at least 4 members (excludes halogenated alkanes) is 56. The highest BCUT2D eigenvalue weighted by atomic mass is 16.6. The number of carbonyl (C=O) groups excluding carboxylic acids is 1. The van der Waals surface area contributed by atoms with Crippen molar-refractivity contribution >= 4 is 6.16 Å². The number of hydrogen-bond donors (Lipinski definition) is 0. The van der Waals surface area contributed by atoms with Crippen molar-refractivity contribution in [3.8, 4) is 0 Å². The highest BCUT2D eigenvalue weighted by molar-refractivity contribution is 5.47. The zero-order valence-corrected chi connectivity index (χ0v) is 61.5. The number of carbonyl (C=O) groups is 1. The molecule has 0 aromatic carbocycles. The van der Waals surface area contributed by atoms with Crippen LogP contribution in [0.2, 0.25) is 0 Å². The average Bonchev–Trinajstić information content (AvgIpc) is 3.70. The Bertz CT molecular complexity index is 934. The fourth-order valence-corrected chi connectivity index (χ4v) is 14.0. The second-order valence-electron chi connectivity index (χ2n) is 28.5. The number of quaternary nitrogens is 2. The molecule has 0 N–H and O–H groups in total. The Kier molecular flexibility index (Phi) is 81.5. The summed E-state index contributed by atoms with van der Waals surface area (Å²) in [6.07, 6.45) is 91.1. The standard InChI is InChI=1S/2C40H84N.CH2O3/c2*1-5-9-13-17-21-25-29-33-37-41(38-34-30-26-22-18-14-10-6-2,39-35-31-27-23-19-15-11-7-3)40-36-32-28-24-20-16-12-8-4;2-1(3)4/h2*5-40H2,1-4H3;(H2,2,3,4)/q2*+1;/p-2. The highest BCUT2D eigenvalue weighted by Crippen LogP contribution is 2.24. The Hall–Kier alpha value is -0.810. The molecule has 0 aromatic heterocycles. The molecule has 0 aliphatic heterocycles. The summed E-state index contributed by atoms with van der Waals surface area (Å²) in [6.45, 7) is 30.6. The summed E-state index contributed by atoms with van der Waals surface area (Å²) < 4.78 is 2.97. The minimum absolute atomic E-state index is 1.37. The van der Waals surface area contributed by atoms with E-state index in [0.29, 0.717) is 0 Å². The number of rotatable bonds is 72. The van der Waals surface area contributed by atoms with Crippen LogP contribution >= 0.6 is 0 Å². The van der Waals surface area contributed by atoms with Gasteiger partial charge in [0.15, 0.2) is 0 Å². The molecule has 5 nitrogen and oxygen atoms in total. The van der Waals surface area contributed by atoms with Crippen LogP contribution in [-0.2, 0) is 0 Å². The average molecular weight is 1220 g/mol. The Morgan fingerprint density at radius 3 is 0.314 bits per heavy atom. The lowest BCUT2D eigenvalue weighted by atomic mass is 10.0. The van der Waals surface area contributed by atoms with E-state index in [1.54, 1.807) is 0 Å². The van der Waals surface area contributed by atoms with Gasteiger partial charge in [0.1, 0.15) is 0 Å². The van der Waals surface area contributed by atoms with Crippen molar-refractivity contribution in [2.75, 3.05) is 52.4 Å². The van der Waals surface area contributed by atoms with Gasteiger partial charge in [-0.2, -0.15) is 0 Å². The van der Waals surface area contributed by atoms with E-state index in [-0.39, 0.29) is 0 Å². The third kappa shape index (κ3) is 73.9. The van der Waals surface area contributed by atoms with Crippen LogP contribution in [-0.4, -0.2) is 67.5 Å². The molecule has 0 saturated carbocycles. The van der Waals surface area contributed by atoms with Crippen molar-refractivity contribution in [1.82, 2.24) is 0 Å². The van der Waals surface area contributed by atoms with Crippen LogP contribution in [0.25, 0.3) is 0 Å². The lowest BCUT2D eigenvalue weighted by Crippen LogP contribution is -2.50. The zero-order chi connectivity index (χ0) is 63.5. The number of carboxylic acid groups (broad SMARTS) is 2. The quantitative estimate of drug-likeness (QED) is 0.0450. The van der Waals surface area contributed by atoms with Crippen LogP contribution in [0.5, 0.6) is 0 Å². The first kappa shape index (κ1) is 89.4. The van der Waals surface area contributed by atoms with Gasteiger partial charge in [-0.25, -0.2) is 0 Å². The van der Waals surface area contributed by atoms with Gasteiger partial charge < -0.3 is 24.0 Å². The first-order valence-corrected chi connectivity index (χ1v) is 40.8. The summed E-state index contributed by atoms with van der Waals surface area (Å²) in [7, 11) is 0. The Balaban J connectivity index is -0.00000151. The van der Waals surface area contributed by atoms with E-state index in [9.17, 15) is 0 Å². The molecular weight excluding hydrogens is 1050 g/mol. The Morgan fingerprint density at radius 1 is 0.163 bits per heavy atom. The molecule has 0 saturated heterocycles. The molecule has 0 rings (SSSR count). The molecule has 0 aliphatic carbocycles. The molecule has 0 bridgehead atoms. The fourth-order valence-electron chi connectivity index (χ4n) is 14.0. The van der Waals surface area contributed by atoms with Crippen molar-refractivity contribution in [1.29, 1.82) is 0 Å². The van der Waals surface area contributed by atoms with Crippen LogP contribution < -0.4 is 10.2 Å². The summed E-state index contributed by atoms with van der Waals surface area (Å²) in [6, 6.07) is 0. The molecule has 0 aliphatic rings. The first-order chi connectivity index (χ1) is 42.2. The second kappa shape index (κ2) is 78.4. The Labute approximate surface area is 546 Å². The summed E-state index contributed by atoms with van der Waals surface area (Å²) >= 11 is 0. The predicted molar refractivity (Wildman–Crippen MR) is 386 cm³/mol. The summed E-state index contributed by atoms with van der Waals surface area (Å²) in [5.74, 6) is 0. The largest absolute Gasteiger partial charge is 0.652 e. The number of hydrogen-bond acceptors (Lipinski definition) is 3. The summed E-state index contributed by atoms with van der Waals surface area (Å²) in [5.41, 5.74) is 0.